The molecule has 0 saturated carbocycles. The Morgan fingerprint density at radius 1 is 0.328 bits per heavy atom. The van der Waals surface area contributed by atoms with Crippen molar-refractivity contribution in [2.45, 2.75) is 0 Å². The van der Waals surface area contributed by atoms with Gasteiger partial charge in [0.25, 0.3) is 0 Å². The third-order valence-electron chi connectivity index (χ3n) is 11.9. The van der Waals surface area contributed by atoms with Crippen LogP contribution in [0.1, 0.15) is 0 Å². The van der Waals surface area contributed by atoms with Gasteiger partial charge in [-0.15, -0.1) is 11.3 Å². The molecule has 3 nitrogen and oxygen atoms in total. The number of fused-ring (bicyclic) bond motifs is 8. The van der Waals surface area contributed by atoms with Crippen LogP contribution in [-0.2, 0) is 0 Å². The maximum atomic E-state index is 5.46. The number of hydrogen-bond donors (Lipinski definition) is 0. The quantitative estimate of drug-likeness (QED) is 0.157. The summed E-state index contributed by atoms with van der Waals surface area (Å²) in [5, 5.41) is 8.61. The molecule has 0 saturated heterocycles. The van der Waals surface area contributed by atoms with Crippen molar-refractivity contribution in [1.29, 1.82) is 0 Å². The Morgan fingerprint density at radius 2 is 0.869 bits per heavy atom. The second kappa shape index (κ2) is 14.5. The van der Waals surface area contributed by atoms with Gasteiger partial charge in [-0.3, -0.25) is 0 Å². The first-order chi connectivity index (χ1) is 30.2. The van der Waals surface area contributed by atoms with Gasteiger partial charge in [0.2, 0.25) is 0 Å². The molecule has 61 heavy (non-hydrogen) atoms. The number of pyridine rings is 1. The lowest BCUT2D eigenvalue weighted by Crippen LogP contribution is -1.96. The molecule has 0 fully saturated rings. The van der Waals surface area contributed by atoms with Crippen molar-refractivity contribution in [1.82, 2.24) is 15.0 Å². The topological polar surface area (TPSA) is 38.7 Å². The second-order valence-electron chi connectivity index (χ2n) is 15.5. The predicted octanol–water partition coefficient (Wildman–Crippen LogP) is 15.7. The Bertz CT molecular complexity index is 3610. The Morgan fingerprint density at radius 3 is 1.62 bits per heavy atom. The fourth-order valence-electron chi connectivity index (χ4n) is 8.85. The normalized spacial score (nSPS) is 11.6. The highest BCUT2D eigenvalue weighted by Gasteiger charge is 2.19. The van der Waals surface area contributed by atoms with Gasteiger partial charge in [-0.2, -0.15) is 0 Å². The standard InChI is InChI=1S/C57H35N3S/c1-3-13-36(14-4-1)37-23-25-39(26-24-37)52-35-51(38-15-5-2-6-16-38)59-57(60-52)41-29-27-40(28-30-41)55-54-47-21-11-12-22-53(47)61-56(54)49-34-43(31-32-50(49)58-55)48-33-42-17-7-8-18-44(42)45-19-9-10-20-46(45)48/h1-35H. The summed E-state index contributed by atoms with van der Waals surface area (Å²) in [6, 6.07) is 75.5. The molecule has 0 N–H and O–H groups in total. The molecule has 0 aliphatic heterocycles. The smallest absolute Gasteiger partial charge is 0.160 e. The third kappa shape index (κ3) is 6.16. The van der Waals surface area contributed by atoms with E-state index in [1.54, 1.807) is 0 Å². The Balaban J connectivity index is 0.977. The van der Waals surface area contributed by atoms with Gasteiger partial charge in [0.05, 0.1) is 22.6 Å². The number of nitrogens with zero attached hydrogens (tertiary/aromatic N) is 3. The highest BCUT2D eigenvalue weighted by molar-refractivity contribution is 7.26. The molecular formula is C57H35N3S. The zero-order valence-corrected chi connectivity index (χ0v) is 33.8. The van der Waals surface area contributed by atoms with E-state index < -0.39 is 0 Å². The number of thiophene rings is 1. The zero-order valence-electron chi connectivity index (χ0n) is 33.0. The van der Waals surface area contributed by atoms with Crippen LogP contribution in [0, 0.1) is 0 Å². The lowest BCUT2D eigenvalue weighted by atomic mass is 9.92. The van der Waals surface area contributed by atoms with Crippen LogP contribution in [0.15, 0.2) is 212 Å². The number of benzene rings is 9. The highest BCUT2D eigenvalue weighted by atomic mass is 32.1. The maximum Gasteiger partial charge on any atom is 0.160 e. The fraction of sp³-hybridized carbons (Fsp3) is 0. The van der Waals surface area contributed by atoms with Crippen molar-refractivity contribution in [3.63, 3.8) is 0 Å². The van der Waals surface area contributed by atoms with E-state index in [1.807, 2.05) is 23.5 Å². The first kappa shape index (κ1) is 35.2. The molecule has 0 bridgehead atoms. The minimum absolute atomic E-state index is 0.682. The SMILES string of the molecule is c1ccc(-c2ccc(-c3cc(-c4ccccc4)nc(-c4ccc(-c5nc6ccc(-c7cc8ccccc8c8ccccc78)cc6c6sc7ccccc7c56)cc4)n3)cc2)cc1. The van der Waals surface area contributed by atoms with Gasteiger partial charge in [0.1, 0.15) is 0 Å². The summed E-state index contributed by atoms with van der Waals surface area (Å²) in [4.78, 5) is 15.8. The summed E-state index contributed by atoms with van der Waals surface area (Å²) >= 11 is 1.85. The van der Waals surface area contributed by atoms with E-state index in [9.17, 15) is 0 Å². The molecule has 12 rings (SSSR count). The average Bonchev–Trinajstić information content (AvgIpc) is 3.74. The molecule has 284 valence electrons. The first-order valence-electron chi connectivity index (χ1n) is 20.6. The van der Waals surface area contributed by atoms with Gasteiger partial charge < -0.3 is 0 Å². The Hall–Kier alpha value is -7.79. The molecule has 9 aromatic carbocycles. The van der Waals surface area contributed by atoms with Crippen LogP contribution in [0.25, 0.3) is 120 Å². The van der Waals surface area contributed by atoms with Crippen molar-refractivity contribution in [2.75, 3.05) is 0 Å². The van der Waals surface area contributed by atoms with E-state index in [4.69, 9.17) is 15.0 Å². The van der Waals surface area contributed by atoms with Crippen LogP contribution in [0.3, 0.4) is 0 Å². The summed E-state index contributed by atoms with van der Waals surface area (Å²) in [6.45, 7) is 0. The summed E-state index contributed by atoms with van der Waals surface area (Å²) in [5.74, 6) is 0.682. The second-order valence-corrected chi connectivity index (χ2v) is 16.6. The van der Waals surface area contributed by atoms with Gasteiger partial charge in [-0.25, -0.2) is 15.0 Å². The Labute approximate surface area is 356 Å². The van der Waals surface area contributed by atoms with Gasteiger partial charge in [-0.05, 0) is 74.1 Å². The van der Waals surface area contributed by atoms with Crippen LogP contribution >= 0.6 is 11.3 Å². The van der Waals surface area contributed by atoms with Gasteiger partial charge in [0.15, 0.2) is 5.82 Å². The van der Waals surface area contributed by atoms with Gasteiger partial charge in [-0.1, -0.05) is 182 Å². The first-order valence-corrected chi connectivity index (χ1v) is 21.4. The number of aromatic nitrogens is 3. The molecule has 12 aromatic rings. The molecule has 0 radical (unpaired) electrons. The molecule has 0 aliphatic carbocycles. The third-order valence-corrected chi connectivity index (χ3v) is 13.1. The van der Waals surface area contributed by atoms with Crippen molar-refractivity contribution in [2.24, 2.45) is 0 Å². The van der Waals surface area contributed by atoms with Crippen LogP contribution in [0.5, 0.6) is 0 Å². The lowest BCUT2D eigenvalue weighted by molar-refractivity contribution is 1.18. The van der Waals surface area contributed by atoms with Gasteiger partial charge >= 0.3 is 0 Å². The van der Waals surface area contributed by atoms with Crippen LogP contribution in [-0.4, -0.2) is 15.0 Å². The fourth-order valence-corrected chi connectivity index (χ4v) is 10.1. The monoisotopic (exact) mass is 793 g/mol. The number of hydrogen-bond acceptors (Lipinski definition) is 4. The van der Waals surface area contributed by atoms with Crippen LogP contribution in [0.2, 0.25) is 0 Å². The summed E-state index contributed by atoms with van der Waals surface area (Å²) in [7, 11) is 0. The zero-order chi connectivity index (χ0) is 40.3. The minimum atomic E-state index is 0.682. The van der Waals surface area contributed by atoms with Crippen molar-refractivity contribution in [3.05, 3.63) is 212 Å². The summed E-state index contributed by atoms with van der Waals surface area (Å²) < 4.78 is 2.50. The van der Waals surface area contributed by atoms with Gasteiger partial charge in [0, 0.05) is 47.8 Å². The largest absolute Gasteiger partial charge is 0.247 e. The molecule has 0 aliphatic rings. The molecule has 0 unspecified atom stereocenters. The van der Waals surface area contributed by atoms with Crippen molar-refractivity contribution in [3.8, 4) is 67.4 Å². The van der Waals surface area contributed by atoms with Crippen LogP contribution in [0.4, 0.5) is 0 Å². The minimum Gasteiger partial charge on any atom is -0.247 e. The molecular weight excluding hydrogens is 759 g/mol. The maximum absolute atomic E-state index is 5.46. The molecule has 3 heterocycles. The molecule has 0 amide bonds. The van der Waals surface area contributed by atoms with E-state index in [-0.39, 0.29) is 0 Å². The lowest BCUT2D eigenvalue weighted by Gasteiger charge is -2.13. The molecule has 0 spiro atoms. The summed E-state index contributed by atoms with van der Waals surface area (Å²) in [6.07, 6.45) is 0. The Kier molecular flexibility index (Phi) is 8.36. The molecule has 4 heteroatoms. The van der Waals surface area contributed by atoms with E-state index in [0.29, 0.717) is 5.82 Å². The average molecular weight is 794 g/mol. The van der Waals surface area contributed by atoms with E-state index >= 15 is 0 Å². The number of rotatable bonds is 6. The van der Waals surface area contributed by atoms with E-state index in [2.05, 4.69) is 200 Å². The van der Waals surface area contributed by atoms with Crippen LogP contribution < -0.4 is 0 Å². The van der Waals surface area contributed by atoms with Crippen molar-refractivity contribution < 1.29 is 0 Å². The van der Waals surface area contributed by atoms with E-state index in [1.165, 1.54) is 69.4 Å². The predicted molar refractivity (Wildman–Crippen MR) is 258 cm³/mol. The highest BCUT2D eigenvalue weighted by Crippen LogP contribution is 2.45. The summed E-state index contributed by atoms with van der Waals surface area (Å²) in [5.41, 5.74) is 12.6. The molecule has 3 aromatic heterocycles. The van der Waals surface area contributed by atoms with E-state index in [0.717, 1.165) is 44.9 Å². The van der Waals surface area contributed by atoms with Crippen molar-refractivity contribution >= 4 is 64.0 Å². The molecule has 0 atom stereocenters.